The average Bonchev–Trinajstić information content (AvgIpc) is 2.71. The summed E-state index contributed by atoms with van der Waals surface area (Å²) in [5.74, 6) is -0.676. The van der Waals surface area contributed by atoms with Crippen molar-refractivity contribution in [1.29, 1.82) is 0 Å². The molecule has 0 aromatic carbocycles. The normalized spacial score (nSPS) is 12.1. The molecule has 0 bridgehead atoms. The monoisotopic (exact) mass is 426 g/mol. The summed E-state index contributed by atoms with van der Waals surface area (Å²) in [6, 6.07) is 0. The van der Waals surface area contributed by atoms with Crippen LogP contribution in [0.4, 0.5) is 0 Å². The second kappa shape index (κ2) is 22.6. The molecule has 0 saturated heterocycles. The Morgan fingerprint density at radius 1 is 0.600 bits per heavy atom. The summed E-state index contributed by atoms with van der Waals surface area (Å²) in [7, 11) is 0. The highest BCUT2D eigenvalue weighted by atomic mass is 16.5. The molecular weight excluding hydrogens is 376 g/mol. The highest BCUT2D eigenvalue weighted by molar-refractivity contribution is 5.69. The van der Waals surface area contributed by atoms with Gasteiger partial charge in [-0.25, -0.2) is 0 Å². The summed E-state index contributed by atoms with van der Waals surface area (Å²) in [6.45, 7) is 4.43. The van der Waals surface area contributed by atoms with Gasteiger partial charge in [-0.2, -0.15) is 0 Å². The van der Waals surface area contributed by atoms with Gasteiger partial charge in [0.25, 0.3) is 0 Å². The van der Waals surface area contributed by atoms with E-state index < -0.39 is 5.97 Å². The summed E-state index contributed by atoms with van der Waals surface area (Å²) < 4.78 is 5.84. The molecule has 0 radical (unpaired) electrons. The van der Waals surface area contributed by atoms with Crippen molar-refractivity contribution in [3.8, 4) is 0 Å². The predicted octanol–water partition coefficient (Wildman–Crippen LogP) is 8.21. The molecule has 0 aromatic heterocycles. The first-order chi connectivity index (χ1) is 14.6. The number of ether oxygens (including phenoxy) is 1. The number of carbonyl (C=O) groups is 2. The lowest BCUT2D eigenvalue weighted by molar-refractivity contribution is -0.150. The molecular formula is C26H50O4. The quantitative estimate of drug-likeness (QED) is 0.132. The summed E-state index contributed by atoms with van der Waals surface area (Å²) in [5, 5.41) is 8.64. The third-order valence-electron chi connectivity index (χ3n) is 5.83. The van der Waals surface area contributed by atoms with Crippen molar-refractivity contribution in [2.45, 2.75) is 155 Å². The van der Waals surface area contributed by atoms with Gasteiger partial charge in [0.05, 0.1) is 0 Å². The number of hydrogen-bond donors (Lipinski definition) is 1. The van der Waals surface area contributed by atoms with Crippen molar-refractivity contribution >= 4 is 11.9 Å². The van der Waals surface area contributed by atoms with Crippen molar-refractivity contribution in [2.24, 2.45) is 0 Å². The van der Waals surface area contributed by atoms with E-state index in [0.29, 0.717) is 12.8 Å². The predicted molar refractivity (Wildman–Crippen MR) is 126 cm³/mol. The van der Waals surface area contributed by atoms with Crippen LogP contribution in [0.2, 0.25) is 0 Å². The zero-order chi connectivity index (χ0) is 22.3. The third kappa shape index (κ3) is 21.6. The second-order valence-electron chi connectivity index (χ2n) is 8.89. The van der Waals surface area contributed by atoms with Crippen molar-refractivity contribution < 1.29 is 19.4 Å². The molecule has 0 heterocycles. The zero-order valence-electron chi connectivity index (χ0n) is 20.1. The van der Waals surface area contributed by atoms with Gasteiger partial charge in [0.15, 0.2) is 0 Å². The van der Waals surface area contributed by atoms with Crippen LogP contribution in [0.1, 0.15) is 149 Å². The van der Waals surface area contributed by atoms with E-state index in [9.17, 15) is 9.59 Å². The number of carbonyl (C=O) groups excluding carboxylic acids is 1. The summed E-state index contributed by atoms with van der Waals surface area (Å²) >= 11 is 0. The van der Waals surface area contributed by atoms with E-state index in [1.54, 1.807) is 0 Å². The van der Waals surface area contributed by atoms with Crippen molar-refractivity contribution in [2.75, 3.05) is 0 Å². The summed E-state index contributed by atoms with van der Waals surface area (Å²) in [6.07, 6.45) is 22.7. The van der Waals surface area contributed by atoms with E-state index in [0.717, 1.165) is 51.4 Å². The second-order valence-corrected chi connectivity index (χ2v) is 8.89. The largest absolute Gasteiger partial charge is 0.481 e. The Labute approximate surface area is 186 Å². The van der Waals surface area contributed by atoms with E-state index in [1.807, 2.05) is 0 Å². The van der Waals surface area contributed by atoms with Crippen molar-refractivity contribution in [3.05, 3.63) is 0 Å². The lowest BCUT2D eigenvalue weighted by Gasteiger charge is -2.18. The molecule has 0 saturated carbocycles. The first kappa shape index (κ1) is 28.9. The van der Waals surface area contributed by atoms with Crippen molar-refractivity contribution in [3.63, 3.8) is 0 Å². The van der Waals surface area contributed by atoms with Crippen LogP contribution < -0.4 is 0 Å². The van der Waals surface area contributed by atoms with E-state index in [2.05, 4.69) is 13.8 Å². The van der Waals surface area contributed by atoms with Crippen LogP contribution >= 0.6 is 0 Å². The zero-order valence-corrected chi connectivity index (χ0v) is 20.1. The lowest BCUT2D eigenvalue weighted by Crippen LogP contribution is -2.18. The molecule has 4 heteroatoms. The fourth-order valence-electron chi connectivity index (χ4n) is 3.89. The Kier molecular flexibility index (Phi) is 21.8. The lowest BCUT2D eigenvalue weighted by atomic mass is 10.0. The first-order valence-electron chi connectivity index (χ1n) is 13.0. The molecule has 0 aliphatic rings. The Balaban J connectivity index is 3.88. The molecule has 0 aliphatic carbocycles. The number of esters is 1. The van der Waals surface area contributed by atoms with Crippen LogP contribution in [0.25, 0.3) is 0 Å². The van der Waals surface area contributed by atoms with Gasteiger partial charge in [-0.3, -0.25) is 9.59 Å². The molecule has 0 spiro atoms. The molecule has 0 aliphatic heterocycles. The summed E-state index contributed by atoms with van der Waals surface area (Å²) in [4.78, 5) is 22.7. The maximum atomic E-state index is 12.2. The van der Waals surface area contributed by atoms with E-state index in [-0.39, 0.29) is 12.1 Å². The van der Waals surface area contributed by atoms with Crippen LogP contribution in [0.3, 0.4) is 0 Å². The molecule has 1 unspecified atom stereocenters. The van der Waals surface area contributed by atoms with Gasteiger partial charge in [-0.15, -0.1) is 0 Å². The van der Waals surface area contributed by atoms with Gasteiger partial charge in [-0.1, -0.05) is 97.3 Å². The van der Waals surface area contributed by atoms with E-state index in [1.165, 1.54) is 70.6 Å². The number of unbranched alkanes of at least 4 members (excludes halogenated alkanes) is 14. The number of aliphatic carboxylic acids is 1. The van der Waals surface area contributed by atoms with Gasteiger partial charge >= 0.3 is 11.9 Å². The smallest absolute Gasteiger partial charge is 0.306 e. The van der Waals surface area contributed by atoms with Gasteiger partial charge < -0.3 is 9.84 Å². The Morgan fingerprint density at radius 3 is 1.50 bits per heavy atom. The third-order valence-corrected chi connectivity index (χ3v) is 5.83. The van der Waals surface area contributed by atoms with E-state index >= 15 is 0 Å². The van der Waals surface area contributed by atoms with Crippen molar-refractivity contribution in [1.82, 2.24) is 0 Å². The minimum Gasteiger partial charge on any atom is -0.481 e. The SMILES string of the molecule is CCCCCCCC(=O)OC(CCCCCC)CCCCCCCCCCC(=O)O. The maximum Gasteiger partial charge on any atom is 0.306 e. The molecule has 0 amide bonds. The molecule has 0 rings (SSSR count). The highest BCUT2D eigenvalue weighted by Crippen LogP contribution is 2.18. The fraction of sp³-hybridized carbons (Fsp3) is 0.923. The minimum atomic E-state index is -0.684. The Hall–Kier alpha value is -1.06. The molecule has 30 heavy (non-hydrogen) atoms. The number of rotatable bonds is 23. The van der Waals surface area contributed by atoms with Gasteiger partial charge in [0.2, 0.25) is 0 Å². The Bertz CT molecular complexity index is 394. The highest BCUT2D eigenvalue weighted by Gasteiger charge is 2.14. The maximum absolute atomic E-state index is 12.2. The minimum absolute atomic E-state index is 0.00773. The van der Waals surface area contributed by atoms with Crippen LogP contribution in [0.15, 0.2) is 0 Å². The van der Waals surface area contributed by atoms with Crippen LogP contribution in [-0.4, -0.2) is 23.1 Å². The molecule has 1 atom stereocenters. The van der Waals surface area contributed by atoms with Crippen LogP contribution in [-0.2, 0) is 14.3 Å². The summed E-state index contributed by atoms with van der Waals surface area (Å²) in [5.41, 5.74) is 0. The van der Waals surface area contributed by atoms with Crippen LogP contribution in [0.5, 0.6) is 0 Å². The number of carboxylic acids is 1. The fourth-order valence-corrected chi connectivity index (χ4v) is 3.89. The van der Waals surface area contributed by atoms with Gasteiger partial charge in [0, 0.05) is 12.8 Å². The average molecular weight is 427 g/mol. The van der Waals surface area contributed by atoms with Crippen LogP contribution in [0, 0.1) is 0 Å². The van der Waals surface area contributed by atoms with Gasteiger partial charge in [-0.05, 0) is 38.5 Å². The first-order valence-corrected chi connectivity index (χ1v) is 13.0. The Morgan fingerprint density at radius 2 is 1.00 bits per heavy atom. The van der Waals surface area contributed by atoms with Gasteiger partial charge in [0.1, 0.15) is 6.10 Å². The molecule has 0 aromatic rings. The van der Waals surface area contributed by atoms with E-state index in [4.69, 9.17) is 9.84 Å². The molecule has 0 fully saturated rings. The topological polar surface area (TPSA) is 63.6 Å². The molecule has 1 N–H and O–H groups in total. The number of hydrogen-bond acceptors (Lipinski definition) is 3. The molecule has 178 valence electrons. The number of carboxylic acid groups (broad SMARTS) is 1. The standard InChI is InChI=1S/C26H50O4/c1-3-5-7-13-19-23-26(29)30-24(20-16-8-6-4-2)21-17-14-11-9-10-12-15-18-22-25(27)28/h24H,3-23H2,1-2H3,(H,27,28). The molecule has 4 nitrogen and oxygen atoms in total.